The molecule has 0 atom stereocenters. The van der Waals surface area contributed by atoms with E-state index in [1.165, 1.54) is 13.0 Å². The van der Waals surface area contributed by atoms with E-state index in [4.69, 9.17) is 9.84 Å². The largest absolute Gasteiger partial charge is 0.427 e. The van der Waals surface area contributed by atoms with E-state index in [2.05, 4.69) is 10.6 Å². The first-order valence-electron chi connectivity index (χ1n) is 8.75. The molecule has 2 aromatic rings. The van der Waals surface area contributed by atoms with Gasteiger partial charge in [0.05, 0.1) is 0 Å². The molecule has 0 fully saturated rings. The van der Waals surface area contributed by atoms with Crippen LogP contribution in [0.15, 0.2) is 60.3 Å². The Labute approximate surface area is 163 Å². The fourth-order valence-electron chi connectivity index (χ4n) is 2.32. The lowest BCUT2D eigenvalue weighted by molar-refractivity contribution is -0.131. The number of hydrogen-bond acceptors (Lipinski definition) is 5. The average molecular weight is 382 g/mol. The number of carbonyl (C=O) groups is 3. The predicted molar refractivity (Wildman–Crippen MR) is 104 cm³/mol. The van der Waals surface area contributed by atoms with Gasteiger partial charge in [-0.15, -0.1) is 0 Å². The second-order valence-electron chi connectivity index (χ2n) is 5.88. The van der Waals surface area contributed by atoms with Gasteiger partial charge in [-0.25, -0.2) is 0 Å². The molecular weight excluding hydrogens is 360 g/mol. The first-order valence-corrected chi connectivity index (χ1v) is 8.75. The zero-order valence-electron chi connectivity index (χ0n) is 15.5. The van der Waals surface area contributed by atoms with E-state index in [-0.39, 0.29) is 18.8 Å². The smallest absolute Gasteiger partial charge is 0.308 e. The highest BCUT2D eigenvalue weighted by molar-refractivity contribution is 6.05. The third-order valence-corrected chi connectivity index (χ3v) is 3.58. The van der Waals surface area contributed by atoms with Crippen molar-refractivity contribution in [1.29, 1.82) is 0 Å². The summed E-state index contributed by atoms with van der Waals surface area (Å²) in [6, 6.07) is 15.1. The zero-order chi connectivity index (χ0) is 20.4. The molecule has 2 amide bonds. The molecule has 0 heterocycles. The van der Waals surface area contributed by atoms with Gasteiger partial charge in [0.1, 0.15) is 11.4 Å². The van der Waals surface area contributed by atoms with Gasteiger partial charge in [-0.3, -0.25) is 14.4 Å². The van der Waals surface area contributed by atoms with Crippen LogP contribution in [0.1, 0.15) is 29.3 Å². The minimum Gasteiger partial charge on any atom is -0.427 e. The van der Waals surface area contributed by atoms with Crippen molar-refractivity contribution in [1.82, 2.24) is 10.6 Å². The van der Waals surface area contributed by atoms with Gasteiger partial charge < -0.3 is 20.5 Å². The van der Waals surface area contributed by atoms with Crippen molar-refractivity contribution in [3.8, 4) is 5.75 Å². The van der Waals surface area contributed by atoms with Crippen molar-refractivity contribution in [2.24, 2.45) is 0 Å². The lowest BCUT2D eigenvalue weighted by Crippen LogP contribution is -2.35. The third-order valence-electron chi connectivity index (χ3n) is 3.58. The molecular formula is C21H22N2O5. The van der Waals surface area contributed by atoms with E-state index >= 15 is 0 Å². The summed E-state index contributed by atoms with van der Waals surface area (Å²) in [5, 5.41) is 14.1. The van der Waals surface area contributed by atoms with Gasteiger partial charge in [-0.1, -0.05) is 30.3 Å². The van der Waals surface area contributed by atoms with Gasteiger partial charge in [0.25, 0.3) is 11.8 Å². The molecule has 0 unspecified atom stereocenters. The normalized spacial score (nSPS) is 10.9. The summed E-state index contributed by atoms with van der Waals surface area (Å²) in [5.74, 6) is -1.05. The average Bonchev–Trinajstić information content (AvgIpc) is 2.68. The van der Waals surface area contributed by atoms with E-state index < -0.39 is 17.8 Å². The van der Waals surface area contributed by atoms with Gasteiger partial charge >= 0.3 is 5.97 Å². The van der Waals surface area contributed by atoms with Crippen LogP contribution in [-0.2, 0) is 9.59 Å². The standard InChI is InChI=1S/C21H22N2O5/c1-15(25)28-18-10-5-7-16(13-18)14-19(21(27)22-11-6-12-24)23-20(26)17-8-3-2-4-9-17/h2-5,7-10,13-14,24H,6,11-12H2,1H3,(H,22,27)(H,23,26). The molecule has 146 valence electrons. The van der Waals surface area contributed by atoms with E-state index in [0.29, 0.717) is 23.3 Å². The van der Waals surface area contributed by atoms with Crippen molar-refractivity contribution >= 4 is 23.9 Å². The molecule has 0 radical (unpaired) electrons. The summed E-state index contributed by atoms with van der Waals surface area (Å²) in [7, 11) is 0. The number of aliphatic hydroxyl groups is 1. The van der Waals surface area contributed by atoms with Crippen molar-refractivity contribution in [3.63, 3.8) is 0 Å². The molecule has 2 rings (SSSR count). The second kappa shape index (κ2) is 10.6. The summed E-state index contributed by atoms with van der Waals surface area (Å²) in [6.45, 7) is 1.50. The number of nitrogens with one attached hydrogen (secondary N) is 2. The predicted octanol–water partition coefficient (Wildman–Crippen LogP) is 1.88. The molecule has 0 saturated heterocycles. The third kappa shape index (κ3) is 6.69. The monoisotopic (exact) mass is 382 g/mol. The van der Waals surface area contributed by atoms with Gasteiger partial charge in [-0.2, -0.15) is 0 Å². The Morgan fingerprint density at radius 3 is 2.50 bits per heavy atom. The highest BCUT2D eigenvalue weighted by Crippen LogP contribution is 2.16. The number of aliphatic hydroxyl groups excluding tert-OH is 1. The summed E-state index contributed by atoms with van der Waals surface area (Å²) in [5.41, 5.74) is 1.01. The van der Waals surface area contributed by atoms with Gasteiger partial charge in [-0.05, 0) is 42.3 Å². The Hall–Kier alpha value is -3.45. The summed E-state index contributed by atoms with van der Waals surface area (Å²) >= 11 is 0. The van der Waals surface area contributed by atoms with Crippen LogP contribution in [0.4, 0.5) is 0 Å². The maximum absolute atomic E-state index is 12.5. The van der Waals surface area contributed by atoms with E-state index in [0.717, 1.165) is 0 Å². The van der Waals surface area contributed by atoms with Crippen LogP contribution in [0.2, 0.25) is 0 Å². The maximum Gasteiger partial charge on any atom is 0.308 e. The first kappa shape index (κ1) is 20.9. The van der Waals surface area contributed by atoms with Gasteiger partial charge in [0, 0.05) is 25.6 Å². The fraction of sp³-hybridized carbons (Fsp3) is 0.190. The lowest BCUT2D eigenvalue weighted by atomic mass is 10.1. The SMILES string of the molecule is CC(=O)Oc1cccc(C=C(NC(=O)c2ccccc2)C(=O)NCCCO)c1. The number of amides is 2. The molecule has 3 N–H and O–H groups in total. The Morgan fingerprint density at radius 2 is 1.82 bits per heavy atom. The molecule has 0 aliphatic carbocycles. The number of benzene rings is 2. The number of carbonyl (C=O) groups excluding carboxylic acids is 3. The number of esters is 1. The van der Waals surface area contributed by atoms with Crippen molar-refractivity contribution in [3.05, 3.63) is 71.4 Å². The van der Waals surface area contributed by atoms with Crippen molar-refractivity contribution in [2.75, 3.05) is 13.2 Å². The molecule has 28 heavy (non-hydrogen) atoms. The van der Waals surface area contributed by atoms with Crippen LogP contribution in [-0.4, -0.2) is 36.0 Å². The number of hydrogen-bond donors (Lipinski definition) is 3. The topological polar surface area (TPSA) is 105 Å². The van der Waals surface area contributed by atoms with E-state index in [1.807, 2.05) is 0 Å². The summed E-state index contributed by atoms with van der Waals surface area (Å²) < 4.78 is 5.04. The molecule has 0 bridgehead atoms. The Morgan fingerprint density at radius 1 is 1.07 bits per heavy atom. The molecule has 0 aliphatic heterocycles. The van der Waals surface area contributed by atoms with Crippen molar-refractivity contribution < 1.29 is 24.2 Å². The van der Waals surface area contributed by atoms with Crippen LogP contribution in [0.3, 0.4) is 0 Å². The second-order valence-corrected chi connectivity index (χ2v) is 5.88. The zero-order valence-corrected chi connectivity index (χ0v) is 15.5. The molecule has 7 heteroatoms. The Bertz CT molecular complexity index is 862. The highest BCUT2D eigenvalue weighted by atomic mass is 16.5. The summed E-state index contributed by atoms with van der Waals surface area (Å²) in [6.07, 6.45) is 1.88. The number of rotatable bonds is 8. The molecule has 0 saturated carbocycles. The first-order chi connectivity index (χ1) is 13.5. The quantitative estimate of drug-likeness (QED) is 0.280. The summed E-state index contributed by atoms with van der Waals surface area (Å²) in [4.78, 5) is 36.1. The minimum atomic E-state index is -0.490. The van der Waals surface area contributed by atoms with Crippen LogP contribution in [0, 0.1) is 0 Å². The van der Waals surface area contributed by atoms with Crippen LogP contribution in [0.5, 0.6) is 5.75 Å². The van der Waals surface area contributed by atoms with Crippen LogP contribution in [0.25, 0.3) is 6.08 Å². The van der Waals surface area contributed by atoms with E-state index in [1.54, 1.807) is 54.6 Å². The van der Waals surface area contributed by atoms with Gasteiger partial charge in [0.2, 0.25) is 0 Å². The van der Waals surface area contributed by atoms with Crippen LogP contribution < -0.4 is 15.4 Å². The molecule has 2 aromatic carbocycles. The van der Waals surface area contributed by atoms with Gasteiger partial charge in [0.15, 0.2) is 0 Å². The lowest BCUT2D eigenvalue weighted by Gasteiger charge is -2.11. The fourth-order valence-corrected chi connectivity index (χ4v) is 2.32. The number of ether oxygens (including phenoxy) is 1. The van der Waals surface area contributed by atoms with Crippen LogP contribution >= 0.6 is 0 Å². The molecule has 0 aromatic heterocycles. The minimum absolute atomic E-state index is 0.0340. The molecule has 0 spiro atoms. The molecule has 0 aliphatic rings. The van der Waals surface area contributed by atoms with E-state index in [9.17, 15) is 14.4 Å². The Balaban J connectivity index is 2.26. The highest BCUT2D eigenvalue weighted by Gasteiger charge is 2.14. The maximum atomic E-state index is 12.5. The molecule has 7 nitrogen and oxygen atoms in total. The van der Waals surface area contributed by atoms with Crippen molar-refractivity contribution in [2.45, 2.75) is 13.3 Å². The Kier molecular flexibility index (Phi) is 7.92.